The second-order valence-electron chi connectivity index (χ2n) is 7.66. The van der Waals surface area contributed by atoms with Crippen molar-refractivity contribution in [2.24, 2.45) is 0 Å². The fourth-order valence-corrected chi connectivity index (χ4v) is 4.01. The number of carbonyl (C=O) groups excluding carboxylic acids is 1. The Morgan fingerprint density at radius 1 is 1.19 bits per heavy atom. The Balaban J connectivity index is 1.54. The molecule has 0 unspecified atom stereocenters. The number of ether oxygens (including phenoxy) is 1. The van der Waals surface area contributed by atoms with Gasteiger partial charge in [-0.2, -0.15) is 0 Å². The predicted molar refractivity (Wildman–Crippen MR) is 119 cm³/mol. The number of aromatic nitrogens is 4. The highest BCUT2D eigenvalue weighted by Crippen LogP contribution is 2.31. The zero-order valence-corrected chi connectivity index (χ0v) is 17.7. The number of rotatable bonds is 4. The minimum atomic E-state index is -0.514. The highest BCUT2D eigenvalue weighted by Gasteiger charge is 2.20. The first kappa shape index (κ1) is 20.1. The summed E-state index contributed by atoms with van der Waals surface area (Å²) in [5, 5.41) is 15.2. The van der Waals surface area contributed by atoms with Crippen LogP contribution in [0, 0.1) is 12.7 Å². The van der Waals surface area contributed by atoms with Crippen molar-refractivity contribution < 1.29 is 13.9 Å². The van der Waals surface area contributed by atoms with E-state index < -0.39 is 11.7 Å². The third kappa shape index (κ3) is 3.58. The van der Waals surface area contributed by atoms with Crippen molar-refractivity contribution in [1.82, 2.24) is 24.9 Å². The molecule has 1 aliphatic heterocycles. The van der Waals surface area contributed by atoms with E-state index in [4.69, 9.17) is 4.74 Å². The largest absolute Gasteiger partial charge is 0.480 e. The van der Waals surface area contributed by atoms with Crippen LogP contribution >= 0.6 is 0 Å². The van der Waals surface area contributed by atoms with Crippen LogP contribution in [0.4, 0.5) is 15.8 Å². The van der Waals surface area contributed by atoms with E-state index in [2.05, 4.69) is 30.7 Å². The van der Waals surface area contributed by atoms with Gasteiger partial charge in [-0.1, -0.05) is 0 Å². The van der Waals surface area contributed by atoms with E-state index in [0.29, 0.717) is 28.3 Å². The first-order valence-electron chi connectivity index (χ1n) is 10.3. The van der Waals surface area contributed by atoms with Crippen molar-refractivity contribution in [2.45, 2.75) is 6.92 Å². The van der Waals surface area contributed by atoms with Gasteiger partial charge in [0.05, 0.1) is 24.1 Å². The van der Waals surface area contributed by atoms with Gasteiger partial charge in [0.25, 0.3) is 5.91 Å². The molecule has 5 rings (SSSR count). The summed E-state index contributed by atoms with van der Waals surface area (Å²) in [7, 11) is 1.53. The fourth-order valence-electron chi connectivity index (χ4n) is 4.01. The standard InChI is InChI=1S/C22H22FN7O2/c1-13-11-30-12-14(9-17(23)21(30)25-13)26-22(31)15-3-4-18(29-7-5-24-6-8-29)16-10-19(32-2)27-28-20(15)16/h3-4,9-12,24H,5-8H2,1-2H3,(H,26,31). The molecule has 1 aliphatic rings. The Bertz CT molecular complexity index is 1330. The van der Waals surface area contributed by atoms with Gasteiger partial charge in [-0.05, 0) is 19.1 Å². The Morgan fingerprint density at radius 3 is 2.78 bits per heavy atom. The number of benzene rings is 1. The van der Waals surface area contributed by atoms with E-state index in [1.807, 2.05) is 6.07 Å². The van der Waals surface area contributed by atoms with Crippen molar-refractivity contribution in [3.05, 3.63) is 53.7 Å². The number of amides is 1. The van der Waals surface area contributed by atoms with Crippen LogP contribution in [0.5, 0.6) is 5.88 Å². The Morgan fingerprint density at radius 2 is 2.00 bits per heavy atom. The van der Waals surface area contributed by atoms with Gasteiger partial charge >= 0.3 is 0 Å². The molecular formula is C22H22FN7O2. The molecule has 9 nitrogen and oxygen atoms in total. The molecule has 2 N–H and O–H groups in total. The topological polar surface area (TPSA) is 96.7 Å². The van der Waals surface area contributed by atoms with Gasteiger partial charge in [0.1, 0.15) is 5.52 Å². The number of fused-ring (bicyclic) bond motifs is 2. The van der Waals surface area contributed by atoms with Crippen molar-refractivity contribution in [3.8, 4) is 5.88 Å². The van der Waals surface area contributed by atoms with Gasteiger partial charge < -0.3 is 24.7 Å². The lowest BCUT2D eigenvalue weighted by molar-refractivity contribution is 0.102. The molecule has 1 saturated heterocycles. The van der Waals surface area contributed by atoms with E-state index in [0.717, 1.165) is 37.3 Å². The molecule has 4 aromatic rings. The predicted octanol–water partition coefficient (Wildman–Crippen LogP) is 2.40. The molecule has 1 aromatic carbocycles. The molecule has 0 spiro atoms. The second-order valence-corrected chi connectivity index (χ2v) is 7.66. The molecule has 0 atom stereocenters. The third-order valence-electron chi connectivity index (χ3n) is 5.51. The summed E-state index contributed by atoms with van der Waals surface area (Å²) >= 11 is 0. The van der Waals surface area contributed by atoms with Crippen LogP contribution in [0.15, 0.2) is 36.7 Å². The molecule has 0 radical (unpaired) electrons. The fraction of sp³-hybridized carbons (Fsp3) is 0.273. The number of nitrogens with zero attached hydrogens (tertiary/aromatic N) is 5. The molecule has 1 fully saturated rings. The van der Waals surface area contributed by atoms with E-state index in [9.17, 15) is 9.18 Å². The average Bonchev–Trinajstić information content (AvgIpc) is 3.19. The number of nitrogens with one attached hydrogen (secondary N) is 2. The van der Waals surface area contributed by atoms with Crippen LogP contribution in [-0.2, 0) is 0 Å². The van der Waals surface area contributed by atoms with Gasteiger partial charge in [-0.25, -0.2) is 9.37 Å². The summed E-state index contributed by atoms with van der Waals surface area (Å²) in [5.41, 5.74) is 2.98. The lowest BCUT2D eigenvalue weighted by atomic mass is 10.1. The van der Waals surface area contributed by atoms with Gasteiger partial charge in [0.15, 0.2) is 11.5 Å². The Hall–Kier alpha value is -3.79. The normalized spacial score (nSPS) is 14.2. The summed E-state index contributed by atoms with van der Waals surface area (Å²) in [6, 6.07) is 6.68. The number of piperazine rings is 1. The second kappa shape index (κ2) is 8.04. The van der Waals surface area contributed by atoms with Gasteiger partial charge in [0, 0.05) is 61.8 Å². The Labute approximate surface area is 183 Å². The summed E-state index contributed by atoms with van der Waals surface area (Å²) in [6.45, 7) is 5.22. The van der Waals surface area contributed by atoms with E-state index in [1.54, 1.807) is 35.9 Å². The van der Waals surface area contributed by atoms with Crippen molar-refractivity contribution in [2.75, 3.05) is 43.5 Å². The van der Waals surface area contributed by atoms with E-state index in [-0.39, 0.29) is 5.65 Å². The SMILES string of the molecule is COc1cc2c(N3CCNCC3)ccc(C(=O)Nc3cc(F)c4nc(C)cn4c3)c2nn1. The van der Waals surface area contributed by atoms with Gasteiger partial charge in [0.2, 0.25) is 5.88 Å². The number of hydrogen-bond donors (Lipinski definition) is 2. The first-order chi connectivity index (χ1) is 15.5. The van der Waals surface area contributed by atoms with Crippen molar-refractivity contribution >= 4 is 33.8 Å². The molecule has 164 valence electrons. The third-order valence-corrected chi connectivity index (χ3v) is 5.51. The first-order valence-corrected chi connectivity index (χ1v) is 10.3. The number of imidazole rings is 1. The van der Waals surface area contributed by atoms with Crippen LogP contribution in [0.1, 0.15) is 16.1 Å². The quantitative estimate of drug-likeness (QED) is 0.508. The molecule has 3 aromatic heterocycles. The van der Waals surface area contributed by atoms with Crippen LogP contribution in [0.25, 0.3) is 16.6 Å². The van der Waals surface area contributed by atoms with Crippen LogP contribution in [0.2, 0.25) is 0 Å². The Kier molecular flexibility index (Phi) is 5.06. The molecule has 4 heterocycles. The molecule has 10 heteroatoms. The molecular weight excluding hydrogens is 413 g/mol. The van der Waals surface area contributed by atoms with Crippen LogP contribution in [0.3, 0.4) is 0 Å². The number of pyridine rings is 1. The summed E-state index contributed by atoms with van der Waals surface area (Å²) in [6.07, 6.45) is 3.33. The van der Waals surface area contributed by atoms with Crippen LogP contribution in [-0.4, -0.2) is 58.8 Å². The number of methoxy groups -OCH3 is 1. The molecule has 32 heavy (non-hydrogen) atoms. The summed E-state index contributed by atoms with van der Waals surface area (Å²) < 4.78 is 21.2. The van der Waals surface area contributed by atoms with E-state index in [1.165, 1.54) is 13.2 Å². The molecule has 0 bridgehead atoms. The van der Waals surface area contributed by atoms with Crippen molar-refractivity contribution in [1.29, 1.82) is 0 Å². The highest BCUT2D eigenvalue weighted by atomic mass is 19.1. The maximum atomic E-state index is 14.4. The number of anilines is 2. The lowest BCUT2D eigenvalue weighted by Crippen LogP contribution is -2.43. The van der Waals surface area contributed by atoms with E-state index >= 15 is 0 Å². The zero-order chi connectivity index (χ0) is 22.2. The molecule has 0 aliphatic carbocycles. The number of aryl methyl sites for hydroxylation is 1. The summed E-state index contributed by atoms with van der Waals surface area (Å²) in [5.74, 6) is -0.550. The monoisotopic (exact) mass is 435 g/mol. The maximum Gasteiger partial charge on any atom is 0.257 e. The minimum Gasteiger partial charge on any atom is -0.480 e. The minimum absolute atomic E-state index is 0.212. The molecule has 0 saturated carbocycles. The number of hydrogen-bond acceptors (Lipinski definition) is 7. The van der Waals surface area contributed by atoms with Gasteiger partial charge in [-0.3, -0.25) is 4.79 Å². The maximum absolute atomic E-state index is 14.4. The van der Waals surface area contributed by atoms with Gasteiger partial charge in [-0.15, -0.1) is 10.2 Å². The average molecular weight is 435 g/mol. The smallest absolute Gasteiger partial charge is 0.257 e. The lowest BCUT2D eigenvalue weighted by Gasteiger charge is -2.30. The zero-order valence-electron chi connectivity index (χ0n) is 17.7. The molecule has 1 amide bonds. The van der Waals surface area contributed by atoms with Crippen molar-refractivity contribution in [3.63, 3.8) is 0 Å². The van der Waals surface area contributed by atoms with Crippen LogP contribution < -0.4 is 20.3 Å². The highest BCUT2D eigenvalue weighted by molar-refractivity contribution is 6.13. The number of halogens is 1. The summed E-state index contributed by atoms with van der Waals surface area (Å²) in [4.78, 5) is 19.5. The number of carbonyl (C=O) groups is 1.